The van der Waals surface area contributed by atoms with Gasteiger partial charge in [0.1, 0.15) is 50.5 Å². The van der Waals surface area contributed by atoms with Crippen molar-refractivity contribution < 1.29 is 44.2 Å². The molecule has 0 aliphatic heterocycles. The number of fused-ring (bicyclic) bond motifs is 16. The van der Waals surface area contributed by atoms with Gasteiger partial charge in [-0.2, -0.15) is 0 Å². The highest BCUT2D eigenvalue weighted by atomic mass is 16.4. The molecule has 0 spiro atoms. The summed E-state index contributed by atoms with van der Waals surface area (Å²) < 4.78 is 85.6. The van der Waals surface area contributed by atoms with Crippen molar-refractivity contribution in [2.24, 2.45) is 45.9 Å². The molecule has 0 saturated heterocycles. The van der Waals surface area contributed by atoms with E-state index in [2.05, 4.69) is 164 Å². The number of benzene rings is 8. The third-order valence-corrected chi connectivity index (χ3v) is 23.8. The van der Waals surface area contributed by atoms with Crippen molar-refractivity contribution in [1.82, 2.24) is 19.9 Å². The van der Waals surface area contributed by atoms with Crippen LogP contribution in [0.4, 0.5) is 0 Å². The minimum atomic E-state index is -1.40. The number of hydrogen-bond donors (Lipinski definition) is 0. The second-order valence-corrected chi connectivity index (χ2v) is 32.5. The molecule has 0 atom stereocenters. The fourth-order valence-corrected chi connectivity index (χ4v) is 17.6. The van der Waals surface area contributed by atoms with E-state index < -0.39 is 19.1 Å². The van der Waals surface area contributed by atoms with Crippen molar-refractivity contribution >= 4 is 132 Å². The highest BCUT2D eigenvalue weighted by molar-refractivity contribution is 6.12. The molecule has 22 rings (SSSR count). The lowest BCUT2D eigenvalue weighted by atomic mass is 9.85. The van der Waals surface area contributed by atoms with E-state index >= 15 is 0 Å². The van der Waals surface area contributed by atoms with Gasteiger partial charge in [0.05, 0.1) is 38.8 Å². The third-order valence-electron chi connectivity index (χ3n) is 23.8. The molecule has 0 N–H and O–H groups in total. The normalized spacial score (nSPS) is 14.7. The number of rotatable bonds is 10. The zero-order chi connectivity index (χ0) is 85.1. The van der Waals surface area contributed by atoms with Crippen LogP contribution in [-0.4, -0.2) is 19.9 Å². The molecule has 20 aromatic rings. The van der Waals surface area contributed by atoms with Gasteiger partial charge in [-0.1, -0.05) is 144 Å². The van der Waals surface area contributed by atoms with E-state index in [1.165, 1.54) is 23.2 Å². The molecule has 0 amide bonds. The molecule has 2 fully saturated rings. The number of furan rings is 4. The van der Waals surface area contributed by atoms with Gasteiger partial charge < -0.3 is 17.7 Å². The van der Waals surface area contributed by atoms with Crippen molar-refractivity contribution in [2.45, 2.75) is 118 Å². The lowest BCUT2D eigenvalue weighted by Gasteiger charge is -2.21. The lowest BCUT2D eigenvalue weighted by Crippen LogP contribution is -2.31. The number of aromatic nitrogens is 8. The van der Waals surface area contributed by atoms with E-state index in [9.17, 15) is 0 Å². The van der Waals surface area contributed by atoms with Gasteiger partial charge in [0.15, 0.2) is 24.8 Å². The SMILES string of the molecule is Cc1cc2oc3nc4ccccc4cc3c2cc1-c1cccc[n+]1C.[2H]C([2H])(c1cc[n+](C)c(-c2cc3oc4nc5ccccc5cc4c3cc2C)c1)C(C)C.[2H]C([2H])(c1cc[n+](C)c(-c2cc3oc4nc5ccccc5cc4c3cc2C)c1)C1CCCC1.[2H]C([2H])(c1cc[n+](C)c(-c2cc3oc4nc5ccccc5cc4c3cc2C)c1)C1CCCCC1. The first-order chi connectivity index (χ1) is 59.3. The lowest BCUT2D eigenvalue weighted by molar-refractivity contribution is -0.660. The fraction of sp³-hybridized carbons (Fsp3) is 0.238. The van der Waals surface area contributed by atoms with Gasteiger partial charge in [-0.3, -0.25) is 0 Å². The first-order valence-electron chi connectivity index (χ1n) is 44.2. The Hall–Kier alpha value is -12.8. The molecule has 8 aromatic carbocycles. The largest absolute Gasteiger partial charge is 0.438 e. The monoisotopic (exact) mass is 1540 g/mol. The van der Waals surface area contributed by atoms with E-state index in [4.69, 9.17) is 45.8 Å². The maximum Gasteiger partial charge on any atom is 0.227 e. The van der Waals surface area contributed by atoms with Crippen LogP contribution in [-0.2, 0) is 47.3 Å². The maximum absolute atomic E-state index is 8.95. The van der Waals surface area contributed by atoms with E-state index in [1.807, 2.05) is 173 Å². The predicted octanol–water partition coefficient (Wildman–Crippen LogP) is 24.8. The number of nitrogens with zero attached hydrogens (tertiary/aromatic N) is 8. The summed E-state index contributed by atoms with van der Waals surface area (Å²) in [7, 11) is 8.09. The van der Waals surface area contributed by atoms with Crippen LogP contribution in [0, 0.1) is 45.4 Å². The van der Waals surface area contributed by atoms with Crippen LogP contribution in [0.2, 0.25) is 0 Å². The smallest absolute Gasteiger partial charge is 0.227 e. The topological polar surface area (TPSA) is 120 Å². The Morgan fingerprint density at radius 2 is 0.624 bits per heavy atom. The quantitative estimate of drug-likeness (QED) is 0.124. The first-order valence-corrected chi connectivity index (χ1v) is 41.2. The third kappa shape index (κ3) is 14.7. The highest BCUT2D eigenvalue weighted by Crippen LogP contribution is 2.41. The van der Waals surface area contributed by atoms with Crippen LogP contribution in [0.25, 0.3) is 177 Å². The minimum Gasteiger partial charge on any atom is -0.438 e. The maximum atomic E-state index is 8.95. The molecule has 2 aliphatic rings. The average molecular weight is 1540 g/mol. The van der Waals surface area contributed by atoms with Gasteiger partial charge in [0, 0.05) is 127 Å². The van der Waals surface area contributed by atoms with Gasteiger partial charge in [0.25, 0.3) is 0 Å². The predicted molar refractivity (Wildman–Crippen MR) is 476 cm³/mol. The van der Waals surface area contributed by atoms with Crippen LogP contribution >= 0.6 is 0 Å². The van der Waals surface area contributed by atoms with Gasteiger partial charge in [-0.25, -0.2) is 38.2 Å². The molecule has 2 aliphatic carbocycles. The second kappa shape index (κ2) is 31.1. The Bertz CT molecular complexity index is 7600. The second-order valence-electron chi connectivity index (χ2n) is 32.5. The van der Waals surface area contributed by atoms with Crippen LogP contribution in [0.3, 0.4) is 0 Å². The van der Waals surface area contributed by atoms with Crippen molar-refractivity contribution in [3.8, 4) is 45.0 Å². The molecule has 117 heavy (non-hydrogen) atoms. The summed E-state index contributed by atoms with van der Waals surface area (Å²) in [5.41, 5.74) is 24.9. The minimum absolute atomic E-state index is 0.0842. The van der Waals surface area contributed by atoms with Crippen LogP contribution < -0.4 is 18.3 Å². The molecule has 0 bridgehead atoms. The van der Waals surface area contributed by atoms with Crippen molar-refractivity contribution in [2.75, 3.05) is 0 Å². The first kappa shape index (κ1) is 67.5. The molecule has 12 aromatic heterocycles. The Kier molecular flexibility index (Phi) is 17.9. The van der Waals surface area contributed by atoms with Gasteiger partial charge >= 0.3 is 0 Å². The molecule has 12 heteroatoms. The van der Waals surface area contributed by atoms with E-state index in [1.54, 1.807) is 0 Å². The molecule has 2 saturated carbocycles. The number of pyridine rings is 8. The van der Waals surface area contributed by atoms with Crippen molar-refractivity contribution in [3.63, 3.8) is 0 Å². The van der Waals surface area contributed by atoms with Crippen LogP contribution in [0.5, 0.6) is 0 Å². The molecular formula is C105H98N8O4+4. The van der Waals surface area contributed by atoms with E-state index in [-0.39, 0.29) is 17.8 Å². The van der Waals surface area contributed by atoms with Crippen LogP contribution in [0.15, 0.2) is 267 Å². The standard InChI is InChI=1S/C29H29N2O.C28H27N2O.C26H25N2O.C22H17N2O/c1-19-14-24-25-17-22-10-6-7-11-26(22)30-29(25)32-28(24)18-23(19)27-16-21(12-13-31(27)2)15-20-8-4-3-5-9-20;1-18-13-23-24-16-21-9-5-6-10-25(21)29-28(24)31-27(23)17-22(18)26-15-20(11-12-30(26)2)14-19-7-3-4-8-19;1-16(2)11-18-9-10-28(4)24(13-18)20-15-25-21(12-17(20)3)22-14-19-7-5-6-8-23(19)27-26(22)29-25;1-14-11-21-17(13-16(14)20-9-5-6-10-24(20)2)18-12-15-7-3-4-8-19(15)23-22(18)25-21/h6-7,10-14,16-18,20H,3-5,8-9,15H2,1-2H3;5-6,9-13,15-17,19H,3-4,7-8,14H2,1-2H3;5-10,12-16H,11H2,1-4H3;3-13H,1-2H3/q4*+1/i15D2;14D2;11D2;. The summed E-state index contributed by atoms with van der Waals surface area (Å²) in [5, 5.41) is 12.8. The van der Waals surface area contributed by atoms with E-state index in [0.29, 0.717) is 28.4 Å². The molecule has 0 radical (unpaired) electrons. The molecule has 12 heterocycles. The van der Waals surface area contributed by atoms with Crippen LogP contribution in [0.1, 0.15) is 119 Å². The highest BCUT2D eigenvalue weighted by Gasteiger charge is 2.26. The average Bonchev–Trinajstić information content (AvgIpc) is 1.62. The summed E-state index contributed by atoms with van der Waals surface area (Å²) in [4.78, 5) is 18.9. The van der Waals surface area contributed by atoms with Crippen molar-refractivity contribution in [3.05, 3.63) is 288 Å². The van der Waals surface area contributed by atoms with Gasteiger partial charge in [-0.15, -0.1) is 0 Å². The van der Waals surface area contributed by atoms with E-state index in [0.717, 1.165) is 222 Å². The fourth-order valence-electron chi connectivity index (χ4n) is 17.6. The van der Waals surface area contributed by atoms with Gasteiger partial charge in [-0.05, 0) is 207 Å². The van der Waals surface area contributed by atoms with Gasteiger partial charge in [0.2, 0.25) is 45.6 Å². The summed E-state index contributed by atoms with van der Waals surface area (Å²) >= 11 is 0. The molecular weight excluding hydrogens is 1440 g/mol. The summed E-state index contributed by atoms with van der Waals surface area (Å²) in [6, 6.07) is 76.1. The molecule has 578 valence electrons. The summed E-state index contributed by atoms with van der Waals surface area (Å²) in [6.45, 7) is 12.3. The zero-order valence-electron chi connectivity index (χ0n) is 74.0. The molecule has 0 unspecified atom stereocenters. The summed E-state index contributed by atoms with van der Waals surface area (Å²) in [5.74, 6) is 0.0605. The number of aryl methyl sites for hydroxylation is 8. The van der Waals surface area contributed by atoms with Crippen molar-refractivity contribution in [1.29, 1.82) is 0 Å². The zero-order valence-corrected chi connectivity index (χ0v) is 68.0. The molecule has 12 nitrogen and oxygen atoms in total. The Balaban J connectivity index is 0.000000108. The number of hydrogen-bond acceptors (Lipinski definition) is 8. The summed E-state index contributed by atoms with van der Waals surface area (Å²) in [6.07, 6.45) is 13.5. The Labute approximate surface area is 689 Å². The Morgan fingerprint density at radius 3 is 1.00 bits per heavy atom. The number of para-hydroxylation sites is 4. The Morgan fingerprint density at radius 1 is 0.316 bits per heavy atom.